The third-order valence-corrected chi connectivity index (χ3v) is 4.35. The summed E-state index contributed by atoms with van der Waals surface area (Å²) in [7, 11) is 0. The summed E-state index contributed by atoms with van der Waals surface area (Å²) >= 11 is 6.16. The maximum atomic E-state index is 11.0. The van der Waals surface area contributed by atoms with E-state index in [1.54, 1.807) is 12.1 Å². The maximum Gasteiger partial charge on any atom is 0.248 e. The fourth-order valence-electron chi connectivity index (χ4n) is 2.94. The Morgan fingerprint density at radius 3 is 2.89 bits per heavy atom. The molecule has 2 bridgehead atoms. The smallest absolute Gasteiger partial charge is 0.248 e. The van der Waals surface area contributed by atoms with Crippen molar-refractivity contribution in [3.63, 3.8) is 0 Å². The van der Waals surface area contributed by atoms with Gasteiger partial charge in [-0.15, -0.1) is 0 Å². The fraction of sp³-hybridized carbons (Fsp3) is 0.500. The van der Waals surface area contributed by atoms with Gasteiger partial charge in [-0.25, -0.2) is 0 Å². The summed E-state index contributed by atoms with van der Waals surface area (Å²) in [6, 6.07) is 5.61. The fourth-order valence-corrected chi connectivity index (χ4v) is 3.19. The van der Waals surface area contributed by atoms with E-state index in [0.29, 0.717) is 35.4 Å². The van der Waals surface area contributed by atoms with E-state index >= 15 is 0 Å². The van der Waals surface area contributed by atoms with Gasteiger partial charge in [0.1, 0.15) is 0 Å². The van der Waals surface area contributed by atoms with Crippen LogP contribution in [0.5, 0.6) is 0 Å². The summed E-state index contributed by atoms with van der Waals surface area (Å²) in [5.41, 5.74) is 6.64. The molecule has 4 nitrogen and oxygen atoms in total. The molecule has 3 rings (SSSR count). The molecule has 1 aromatic carbocycles. The highest BCUT2D eigenvalue weighted by Crippen LogP contribution is 2.34. The lowest BCUT2D eigenvalue weighted by atomic mass is 9.95. The van der Waals surface area contributed by atoms with Crippen molar-refractivity contribution in [2.75, 3.05) is 0 Å². The molecule has 0 saturated carbocycles. The molecule has 2 heterocycles. The van der Waals surface area contributed by atoms with E-state index in [2.05, 4.69) is 5.32 Å². The zero-order valence-electron chi connectivity index (χ0n) is 10.6. The largest absolute Gasteiger partial charge is 0.373 e. The van der Waals surface area contributed by atoms with Gasteiger partial charge < -0.3 is 15.8 Å². The van der Waals surface area contributed by atoms with Crippen LogP contribution in [0, 0.1) is 0 Å². The number of nitrogens with one attached hydrogen (secondary N) is 1. The third kappa shape index (κ3) is 2.61. The van der Waals surface area contributed by atoms with Crippen molar-refractivity contribution in [3.05, 3.63) is 34.3 Å². The SMILES string of the molecule is NC(=O)c1ccc(CNC2CC3CCC2O3)c(Cl)c1. The summed E-state index contributed by atoms with van der Waals surface area (Å²) in [6.07, 6.45) is 4.22. The average Bonchev–Trinajstić information content (AvgIpc) is 2.99. The van der Waals surface area contributed by atoms with Gasteiger partial charge >= 0.3 is 0 Å². The molecule has 2 aliphatic rings. The number of amides is 1. The quantitative estimate of drug-likeness (QED) is 0.885. The topological polar surface area (TPSA) is 64.4 Å². The number of nitrogens with two attached hydrogens (primary N) is 1. The van der Waals surface area contributed by atoms with E-state index in [-0.39, 0.29) is 0 Å². The molecule has 3 unspecified atom stereocenters. The lowest BCUT2D eigenvalue weighted by Gasteiger charge is -2.20. The van der Waals surface area contributed by atoms with Gasteiger partial charge in [-0.3, -0.25) is 4.79 Å². The monoisotopic (exact) mass is 280 g/mol. The van der Waals surface area contributed by atoms with Gasteiger partial charge in [-0.2, -0.15) is 0 Å². The number of hydrogen-bond acceptors (Lipinski definition) is 3. The highest BCUT2D eigenvalue weighted by Gasteiger charge is 2.40. The minimum Gasteiger partial charge on any atom is -0.373 e. The molecular formula is C14H17ClN2O2. The Hall–Kier alpha value is -1.10. The van der Waals surface area contributed by atoms with Crippen molar-refractivity contribution in [2.45, 2.75) is 44.1 Å². The second-order valence-electron chi connectivity index (χ2n) is 5.27. The molecule has 0 aromatic heterocycles. The lowest BCUT2D eigenvalue weighted by molar-refractivity contribution is 0.0972. The summed E-state index contributed by atoms with van der Waals surface area (Å²) in [4.78, 5) is 11.0. The molecule has 0 aliphatic carbocycles. The molecule has 3 N–H and O–H groups in total. The molecule has 2 fully saturated rings. The lowest BCUT2D eigenvalue weighted by Crippen LogP contribution is -2.37. The van der Waals surface area contributed by atoms with Crippen LogP contribution in [-0.2, 0) is 11.3 Å². The number of fused-ring (bicyclic) bond motifs is 2. The number of carbonyl (C=O) groups is 1. The van der Waals surface area contributed by atoms with Crippen LogP contribution in [0.3, 0.4) is 0 Å². The van der Waals surface area contributed by atoms with Crippen LogP contribution in [0.25, 0.3) is 0 Å². The second kappa shape index (κ2) is 5.12. The van der Waals surface area contributed by atoms with Crippen LogP contribution < -0.4 is 11.1 Å². The number of hydrogen-bond donors (Lipinski definition) is 2. The molecule has 1 amide bonds. The van der Waals surface area contributed by atoms with Gasteiger partial charge in [-0.1, -0.05) is 17.7 Å². The minimum atomic E-state index is -0.456. The highest BCUT2D eigenvalue weighted by atomic mass is 35.5. The van der Waals surface area contributed by atoms with Gasteiger partial charge in [0.25, 0.3) is 0 Å². The maximum absolute atomic E-state index is 11.0. The van der Waals surface area contributed by atoms with Crippen molar-refractivity contribution >= 4 is 17.5 Å². The van der Waals surface area contributed by atoms with Crippen molar-refractivity contribution in [1.29, 1.82) is 0 Å². The number of rotatable bonds is 4. The number of primary amides is 1. The van der Waals surface area contributed by atoms with Gasteiger partial charge in [0, 0.05) is 23.2 Å². The zero-order chi connectivity index (χ0) is 13.4. The summed E-state index contributed by atoms with van der Waals surface area (Å²) < 4.78 is 5.80. The first kappa shape index (κ1) is 12.9. The van der Waals surface area contributed by atoms with Gasteiger partial charge in [0.15, 0.2) is 0 Å². The van der Waals surface area contributed by atoms with Crippen LogP contribution in [-0.4, -0.2) is 24.2 Å². The van der Waals surface area contributed by atoms with Crippen molar-refractivity contribution < 1.29 is 9.53 Å². The first-order valence-electron chi connectivity index (χ1n) is 6.60. The van der Waals surface area contributed by atoms with Crippen LogP contribution in [0.15, 0.2) is 18.2 Å². The summed E-state index contributed by atoms with van der Waals surface area (Å²) in [6.45, 7) is 0.690. The van der Waals surface area contributed by atoms with E-state index < -0.39 is 5.91 Å². The Labute approximate surface area is 117 Å². The van der Waals surface area contributed by atoms with Gasteiger partial charge in [0.2, 0.25) is 5.91 Å². The predicted molar refractivity (Wildman–Crippen MR) is 73.1 cm³/mol. The Morgan fingerprint density at radius 1 is 1.47 bits per heavy atom. The van der Waals surface area contributed by atoms with E-state index in [4.69, 9.17) is 22.1 Å². The highest BCUT2D eigenvalue weighted by molar-refractivity contribution is 6.31. The van der Waals surface area contributed by atoms with E-state index in [1.165, 1.54) is 6.42 Å². The second-order valence-corrected chi connectivity index (χ2v) is 5.67. The third-order valence-electron chi connectivity index (χ3n) is 4.00. The molecule has 0 radical (unpaired) electrons. The normalized spacial score (nSPS) is 28.8. The van der Waals surface area contributed by atoms with Gasteiger partial charge in [-0.05, 0) is 37.0 Å². The predicted octanol–water partition coefficient (Wildman–Crippen LogP) is 1.85. The number of ether oxygens (including phenoxy) is 1. The zero-order valence-corrected chi connectivity index (χ0v) is 11.3. The molecular weight excluding hydrogens is 264 g/mol. The van der Waals surface area contributed by atoms with Crippen LogP contribution in [0.4, 0.5) is 0 Å². The van der Waals surface area contributed by atoms with Crippen molar-refractivity contribution in [1.82, 2.24) is 5.32 Å². The number of benzene rings is 1. The average molecular weight is 281 g/mol. The van der Waals surface area contributed by atoms with Crippen LogP contribution in [0.2, 0.25) is 5.02 Å². The number of carbonyl (C=O) groups excluding carboxylic acids is 1. The van der Waals surface area contributed by atoms with Gasteiger partial charge in [0.05, 0.1) is 12.2 Å². The molecule has 19 heavy (non-hydrogen) atoms. The summed E-state index contributed by atoms with van der Waals surface area (Å²) in [5, 5.41) is 4.07. The van der Waals surface area contributed by atoms with Crippen molar-refractivity contribution in [3.8, 4) is 0 Å². The van der Waals surface area contributed by atoms with Crippen LogP contribution in [0.1, 0.15) is 35.2 Å². The standard InChI is InChI=1S/C14H17ClN2O2/c15-11-5-8(14(16)18)1-2-9(11)7-17-12-6-10-3-4-13(12)19-10/h1-2,5,10,12-13,17H,3-4,6-7H2,(H2,16,18). The Balaban J connectivity index is 1.62. The Kier molecular flexibility index (Phi) is 3.48. The Bertz CT molecular complexity index is 506. The molecule has 5 heteroatoms. The Morgan fingerprint density at radius 2 is 2.32 bits per heavy atom. The van der Waals surface area contributed by atoms with Crippen LogP contribution >= 0.6 is 11.6 Å². The van der Waals surface area contributed by atoms with E-state index in [0.717, 1.165) is 18.4 Å². The minimum absolute atomic E-state index is 0.355. The molecule has 2 saturated heterocycles. The molecule has 1 aromatic rings. The van der Waals surface area contributed by atoms with Crippen molar-refractivity contribution in [2.24, 2.45) is 5.73 Å². The summed E-state index contributed by atoms with van der Waals surface area (Å²) in [5.74, 6) is -0.456. The number of halogens is 1. The first-order chi connectivity index (χ1) is 9.13. The molecule has 2 aliphatic heterocycles. The molecule has 102 valence electrons. The molecule has 3 atom stereocenters. The van der Waals surface area contributed by atoms with E-state index in [9.17, 15) is 4.79 Å². The first-order valence-corrected chi connectivity index (χ1v) is 6.98. The molecule has 0 spiro atoms. The van der Waals surface area contributed by atoms with E-state index in [1.807, 2.05) is 6.07 Å².